The summed E-state index contributed by atoms with van der Waals surface area (Å²) in [4.78, 5) is 30.0. The highest BCUT2D eigenvalue weighted by atomic mass is 16.5. The highest BCUT2D eigenvalue weighted by Crippen LogP contribution is 2.31. The molecule has 1 aromatic heterocycles. The Morgan fingerprint density at radius 1 is 1.22 bits per heavy atom. The molecule has 0 radical (unpaired) electrons. The zero-order valence-electron chi connectivity index (χ0n) is 16.3. The van der Waals surface area contributed by atoms with Crippen molar-refractivity contribution in [2.24, 2.45) is 11.8 Å². The Morgan fingerprint density at radius 3 is 2.56 bits per heavy atom. The van der Waals surface area contributed by atoms with Gasteiger partial charge in [0, 0.05) is 24.5 Å². The Labute approximate surface area is 159 Å². The first-order valence-corrected chi connectivity index (χ1v) is 9.21. The summed E-state index contributed by atoms with van der Waals surface area (Å²) in [6, 6.07) is 5.39. The number of amides is 1. The molecule has 0 spiro atoms. The van der Waals surface area contributed by atoms with Gasteiger partial charge in [0.2, 0.25) is 5.91 Å². The van der Waals surface area contributed by atoms with Gasteiger partial charge in [0.25, 0.3) is 0 Å². The lowest BCUT2D eigenvalue weighted by molar-refractivity contribution is -0.117. The number of ether oxygens (including phenoxy) is 2. The minimum absolute atomic E-state index is 0.141. The molecule has 1 fully saturated rings. The Balaban J connectivity index is 1.84. The molecular formula is C20H27N3O4. The van der Waals surface area contributed by atoms with Crippen LogP contribution in [0.3, 0.4) is 0 Å². The SMILES string of the molecule is COC(=O)c1[nH]c2cc(OC)ccc2c1NC(=O)CN1C[C@H](C)C[C@H](C)C1. The molecule has 0 bridgehead atoms. The molecule has 2 atom stereocenters. The van der Waals surface area contributed by atoms with Crippen LogP contribution in [-0.2, 0) is 9.53 Å². The molecule has 27 heavy (non-hydrogen) atoms. The number of nitrogens with zero attached hydrogens (tertiary/aromatic N) is 1. The fourth-order valence-corrected chi connectivity index (χ4v) is 3.99. The number of rotatable bonds is 5. The van der Waals surface area contributed by atoms with Crippen LogP contribution in [0.4, 0.5) is 5.69 Å². The second-order valence-electron chi connectivity index (χ2n) is 7.47. The van der Waals surface area contributed by atoms with Gasteiger partial charge in [-0.25, -0.2) is 4.79 Å². The number of methoxy groups -OCH3 is 2. The number of benzene rings is 1. The summed E-state index contributed by atoms with van der Waals surface area (Å²) in [5.41, 5.74) is 1.38. The number of esters is 1. The number of piperidine rings is 1. The Hall–Kier alpha value is -2.54. The summed E-state index contributed by atoms with van der Waals surface area (Å²) in [5, 5.41) is 3.65. The van der Waals surface area contributed by atoms with Crippen molar-refractivity contribution in [2.45, 2.75) is 20.3 Å². The molecule has 0 unspecified atom stereocenters. The fourth-order valence-electron chi connectivity index (χ4n) is 3.99. The predicted molar refractivity (Wildman–Crippen MR) is 104 cm³/mol. The molecule has 146 valence electrons. The largest absolute Gasteiger partial charge is 0.497 e. The van der Waals surface area contributed by atoms with Gasteiger partial charge >= 0.3 is 5.97 Å². The van der Waals surface area contributed by atoms with Crippen molar-refractivity contribution in [3.63, 3.8) is 0 Å². The van der Waals surface area contributed by atoms with Crippen LogP contribution < -0.4 is 10.1 Å². The number of carbonyl (C=O) groups is 2. The van der Waals surface area contributed by atoms with Crippen LogP contribution >= 0.6 is 0 Å². The molecule has 2 aromatic rings. The molecule has 1 saturated heterocycles. The summed E-state index contributed by atoms with van der Waals surface area (Å²) < 4.78 is 10.1. The van der Waals surface area contributed by atoms with E-state index in [-0.39, 0.29) is 11.6 Å². The van der Waals surface area contributed by atoms with Crippen LogP contribution in [-0.4, -0.2) is 55.6 Å². The third-order valence-corrected chi connectivity index (χ3v) is 4.97. The van der Waals surface area contributed by atoms with Crippen molar-refractivity contribution in [3.8, 4) is 5.75 Å². The van der Waals surface area contributed by atoms with E-state index in [4.69, 9.17) is 9.47 Å². The Morgan fingerprint density at radius 2 is 1.93 bits per heavy atom. The van der Waals surface area contributed by atoms with Gasteiger partial charge in [0.05, 0.1) is 32.0 Å². The fraction of sp³-hybridized carbons (Fsp3) is 0.500. The second kappa shape index (κ2) is 8.00. The average molecular weight is 373 g/mol. The highest BCUT2D eigenvalue weighted by Gasteiger charge is 2.25. The number of likely N-dealkylation sites (tertiary alicyclic amines) is 1. The van der Waals surface area contributed by atoms with Gasteiger partial charge in [-0.3, -0.25) is 9.69 Å². The quantitative estimate of drug-likeness (QED) is 0.788. The van der Waals surface area contributed by atoms with E-state index in [0.29, 0.717) is 35.3 Å². The van der Waals surface area contributed by atoms with E-state index >= 15 is 0 Å². The molecule has 1 amide bonds. The molecule has 0 aliphatic carbocycles. The third kappa shape index (κ3) is 4.24. The minimum Gasteiger partial charge on any atom is -0.497 e. The zero-order chi connectivity index (χ0) is 19.6. The van der Waals surface area contributed by atoms with Crippen molar-refractivity contribution >= 4 is 28.5 Å². The van der Waals surface area contributed by atoms with Gasteiger partial charge in [-0.15, -0.1) is 0 Å². The van der Waals surface area contributed by atoms with Crippen molar-refractivity contribution in [1.82, 2.24) is 9.88 Å². The lowest BCUT2D eigenvalue weighted by Gasteiger charge is -2.34. The first-order chi connectivity index (χ1) is 12.9. The Bertz CT molecular complexity index is 835. The van der Waals surface area contributed by atoms with Crippen LogP contribution in [0.5, 0.6) is 5.75 Å². The maximum atomic E-state index is 12.7. The minimum atomic E-state index is -0.527. The molecule has 1 aliphatic heterocycles. The number of fused-ring (bicyclic) bond motifs is 1. The smallest absolute Gasteiger partial charge is 0.356 e. The standard InChI is InChI=1S/C20H27N3O4/c1-12-7-13(2)10-23(9-12)11-17(24)22-18-15-6-5-14(26-3)8-16(15)21-19(18)20(25)27-4/h5-6,8,12-13,21H,7,9-11H2,1-4H3,(H,22,24)/t12-,13+. The van der Waals surface area contributed by atoms with Gasteiger partial charge in [-0.1, -0.05) is 13.8 Å². The van der Waals surface area contributed by atoms with Crippen LogP contribution in [0, 0.1) is 11.8 Å². The maximum absolute atomic E-state index is 12.7. The monoisotopic (exact) mass is 373 g/mol. The molecular weight excluding hydrogens is 346 g/mol. The van der Waals surface area contributed by atoms with Crippen molar-refractivity contribution in [3.05, 3.63) is 23.9 Å². The number of aromatic amines is 1. The summed E-state index contributed by atoms with van der Waals surface area (Å²) in [7, 11) is 2.89. The topological polar surface area (TPSA) is 83.7 Å². The van der Waals surface area contributed by atoms with Crippen molar-refractivity contribution in [1.29, 1.82) is 0 Å². The lowest BCUT2D eigenvalue weighted by atomic mass is 9.92. The average Bonchev–Trinajstić information content (AvgIpc) is 2.97. The number of nitrogens with one attached hydrogen (secondary N) is 2. The van der Waals surface area contributed by atoms with E-state index < -0.39 is 5.97 Å². The predicted octanol–water partition coefficient (Wildman–Crippen LogP) is 2.88. The van der Waals surface area contributed by atoms with E-state index in [2.05, 4.69) is 29.0 Å². The van der Waals surface area contributed by atoms with E-state index in [9.17, 15) is 9.59 Å². The molecule has 0 saturated carbocycles. The normalized spacial score (nSPS) is 20.4. The van der Waals surface area contributed by atoms with Gasteiger partial charge in [-0.2, -0.15) is 0 Å². The van der Waals surface area contributed by atoms with Crippen LogP contribution in [0.25, 0.3) is 10.9 Å². The van der Waals surface area contributed by atoms with Crippen LogP contribution in [0.1, 0.15) is 30.8 Å². The molecule has 2 N–H and O–H groups in total. The number of hydrogen-bond donors (Lipinski definition) is 2. The highest BCUT2D eigenvalue weighted by molar-refractivity contribution is 6.11. The van der Waals surface area contributed by atoms with E-state index in [1.165, 1.54) is 13.5 Å². The number of H-pyrrole nitrogens is 1. The summed E-state index contributed by atoms with van der Waals surface area (Å²) in [5.74, 6) is 1.15. The summed E-state index contributed by atoms with van der Waals surface area (Å²) in [6.45, 7) is 6.55. The van der Waals surface area contributed by atoms with Crippen molar-refractivity contribution < 1.29 is 19.1 Å². The van der Waals surface area contributed by atoms with E-state index in [1.807, 2.05) is 6.07 Å². The number of carbonyl (C=O) groups excluding carboxylic acids is 2. The van der Waals surface area contributed by atoms with Gasteiger partial charge in [-0.05, 0) is 30.4 Å². The molecule has 7 nitrogen and oxygen atoms in total. The number of aromatic nitrogens is 1. The molecule has 7 heteroatoms. The van der Waals surface area contributed by atoms with Crippen LogP contribution in [0.15, 0.2) is 18.2 Å². The second-order valence-corrected chi connectivity index (χ2v) is 7.47. The van der Waals surface area contributed by atoms with Gasteiger partial charge in [0.1, 0.15) is 11.4 Å². The van der Waals surface area contributed by atoms with Gasteiger partial charge < -0.3 is 19.8 Å². The zero-order valence-corrected chi connectivity index (χ0v) is 16.3. The first kappa shape index (κ1) is 19.2. The Kier molecular flexibility index (Phi) is 5.70. The van der Waals surface area contributed by atoms with Gasteiger partial charge in [0.15, 0.2) is 0 Å². The number of hydrogen-bond acceptors (Lipinski definition) is 5. The lowest BCUT2D eigenvalue weighted by Crippen LogP contribution is -2.42. The van der Waals surface area contributed by atoms with E-state index in [0.717, 1.165) is 18.5 Å². The summed E-state index contributed by atoms with van der Waals surface area (Å²) in [6.07, 6.45) is 1.19. The third-order valence-electron chi connectivity index (χ3n) is 4.97. The van der Waals surface area contributed by atoms with E-state index in [1.54, 1.807) is 19.2 Å². The molecule has 1 aliphatic rings. The molecule has 2 heterocycles. The first-order valence-electron chi connectivity index (χ1n) is 9.21. The number of anilines is 1. The van der Waals surface area contributed by atoms with Crippen molar-refractivity contribution in [2.75, 3.05) is 39.2 Å². The van der Waals surface area contributed by atoms with Crippen LogP contribution in [0.2, 0.25) is 0 Å². The molecule has 1 aromatic carbocycles. The molecule has 3 rings (SSSR count). The maximum Gasteiger partial charge on any atom is 0.356 e. The summed E-state index contributed by atoms with van der Waals surface area (Å²) >= 11 is 0.